The van der Waals surface area contributed by atoms with E-state index in [1.807, 2.05) is 12.1 Å². The van der Waals surface area contributed by atoms with Gasteiger partial charge in [0.05, 0.1) is 0 Å². The van der Waals surface area contributed by atoms with Crippen molar-refractivity contribution in [2.45, 2.75) is 85.2 Å². The Morgan fingerprint density at radius 2 is 1.96 bits per heavy atom. The van der Waals surface area contributed by atoms with Gasteiger partial charge in [-0.05, 0) is 101 Å². The number of benzene rings is 1. The van der Waals surface area contributed by atoms with Gasteiger partial charge in [0.25, 0.3) is 0 Å². The SMILES string of the molecule is CC(=CC=CC1(C)CCc2cc(O)ccc2O1)CCC1=C(C)CCCC1(C)C. The van der Waals surface area contributed by atoms with E-state index < -0.39 is 0 Å². The van der Waals surface area contributed by atoms with Crippen molar-refractivity contribution in [1.29, 1.82) is 0 Å². The van der Waals surface area contributed by atoms with Crippen LogP contribution in [0.1, 0.15) is 78.7 Å². The Hall–Kier alpha value is -1.96. The summed E-state index contributed by atoms with van der Waals surface area (Å²) in [4.78, 5) is 0. The normalized spacial score (nSPS) is 25.0. The number of hydrogen-bond acceptors (Lipinski definition) is 2. The van der Waals surface area contributed by atoms with Crippen molar-refractivity contribution >= 4 is 0 Å². The standard InChI is InChI=1S/C26H36O2/c1-19(10-12-23-20(2)9-7-15-25(23,3)4)8-6-16-26(5)17-14-21-18-22(27)11-13-24(21)28-26/h6,8,11,13,16,18,27H,7,9-10,12,14-15,17H2,1-5H3. The molecule has 28 heavy (non-hydrogen) atoms. The molecule has 2 nitrogen and oxygen atoms in total. The molecule has 1 aliphatic carbocycles. The highest BCUT2D eigenvalue weighted by molar-refractivity contribution is 5.42. The highest BCUT2D eigenvalue weighted by Crippen LogP contribution is 2.42. The summed E-state index contributed by atoms with van der Waals surface area (Å²) in [5.74, 6) is 1.20. The van der Waals surface area contributed by atoms with Crippen molar-refractivity contribution in [1.82, 2.24) is 0 Å². The monoisotopic (exact) mass is 380 g/mol. The van der Waals surface area contributed by atoms with Gasteiger partial charge in [-0.25, -0.2) is 0 Å². The van der Waals surface area contributed by atoms with Crippen LogP contribution in [0, 0.1) is 5.41 Å². The third-order valence-corrected chi connectivity index (χ3v) is 6.56. The van der Waals surface area contributed by atoms with Gasteiger partial charge in [0.2, 0.25) is 0 Å². The minimum absolute atomic E-state index is 0.286. The van der Waals surface area contributed by atoms with Gasteiger partial charge < -0.3 is 9.84 Å². The molecule has 0 bridgehead atoms. The van der Waals surface area contributed by atoms with Gasteiger partial charge in [0.1, 0.15) is 17.1 Å². The van der Waals surface area contributed by atoms with Crippen LogP contribution in [0.25, 0.3) is 0 Å². The molecule has 1 N–H and O–H groups in total. The molecule has 1 heterocycles. The molecule has 0 saturated heterocycles. The van der Waals surface area contributed by atoms with E-state index in [0.29, 0.717) is 11.2 Å². The third kappa shape index (κ3) is 4.90. The van der Waals surface area contributed by atoms with Crippen LogP contribution in [0.2, 0.25) is 0 Å². The number of aromatic hydroxyl groups is 1. The van der Waals surface area contributed by atoms with E-state index in [1.54, 1.807) is 17.2 Å². The van der Waals surface area contributed by atoms with Crippen LogP contribution < -0.4 is 4.74 Å². The summed E-state index contributed by atoms with van der Waals surface area (Å²) in [5, 5.41) is 9.63. The predicted octanol–water partition coefficient (Wildman–Crippen LogP) is 7.29. The molecule has 0 amide bonds. The first-order valence-electron chi connectivity index (χ1n) is 10.7. The summed E-state index contributed by atoms with van der Waals surface area (Å²) >= 11 is 0. The second kappa shape index (κ2) is 8.19. The largest absolute Gasteiger partial charge is 0.508 e. The maximum absolute atomic E-state index is 9.63. The summed E-state index contributed by atoms with van der Waals surface area (Å²) in [6, 6.07) is 5.38. The zero-order valence-electron chi connectivity index (χ0n) is 18.3. The van der Waals surface area contributed by atoms with E-state index in [2.05, 4.69) is 52.8 Å². The maximum Gasteiger partial charge on any atom is 0.125 e. The molecule has 2 aliphatic rings. The van der Waals surface area contributed by atoms with Crippen molar-refractivity contribution in [3.05, 3.63) is 58.7 Å². The van der Waals surface area contributed by atoms with Gasteiger partial charge in [0, 0.05) is 0 Å². The predicted molar refractivity (Wildman–Crippen MR) is 118 cm³/mol. The van der Waals surface area contributed by atoms with Crippen LogP contribution in [0.5, 0.6) is 11.5 Å². The van der Waals surface area contributed by atoms with Gasteiger partial charge >= 0.3 is 0 Å². The summed E-state index contributed by atoms with van der Waals surface area (Å²) in [5.41, 5.74) is 5.89. The van der Waals surface area contributed by atoms with Crippen LogP contribution in [0.3, 0.4) is 0 Å². The fraction of sp³-hybridized carbons (Fsp3) is 0.538. The van der Waals surface area contributed by atoms with Gasteiger partial charge in [0.15, 0.2) is 0 Å². The van der Waals surface area contributed by atoms with E-state index >= 15 is 0 Å². The zero-order valence-corrected chi connectivity index (χ0v) is 18.3. The Morgan fingerprint density at radius 3 is 2.71 bits per heavy atom. The lowest BCUT2D eigenvalue weighted by atomic mass is 9.71. The number of rotatable bonds is 5. The lowest BCUT2D eigenvalue weighted by molar-refractivity contribution is 0.114. The van der Waals surface area contributed by atoms with E-state index in [-0.39, 0.29) is 5.60 Å². The van der Waals surface area contributed by atoms with Crippen LogP contribution in [0.15, 0.2) is 53.1 Å². The van der Waals surface area contributed by atoms with Crippen molar-refractivity contribution in [3.8, 4) is 11.5 Å². The Labute approximate surface area is 171 Å². The molecule has 152 valence electrons. The Balaban J connectivity index is 1.60. The van der Waals surface area contributed by atoms with E-state index in [1.165, 1.54) is 31.3 Å². The molecule has 0 spiro atoms. The van der Waals surface area contributed by atoms with Gasteiger partial charge in [-0.15, -0.1) is 0 Å². The summed E-state index contributed by atoms with van der Waals surface area (Å²) < 4.78 is 6.22. The Bertz CT molecular complexity index is 810. The lowest BCUT2D eigenvalue weighted by Gasteiger charge is -2.35. The molecule has 0 aromatic heterocycles. The smallest absolute Gasteiger partial charge is 0.125 e. The minimum atomic E-state index is -0.286. The topological polar surface area (TPSA) is 29.5 Å². The van der Waals surface area contributed by atoms with Crippen LogP contribution in [-0.4, -0.2) is 10.7 Å². The number of allylic oxidation sites excluding steroid dienone is 5. The average molecular weight is 381 g/mol. The Morgan fingerprint density at radius 1 is 1.18 bits per heavy atom. The molecule has 1 aromatic rings. The quantitative estimate of drug-likeness (QED) is 0.429. The summed E-state index contributed by atoms with van der Waals surface area (Å²) in [6.45, 7) is 11.5. The highest BCUT2D eigenvalue weighted by atomic mass is 16.5. The molecule has 1 atom stereocenters. The minimum Gasteiger partial charge on any atom is -0.508 e. The van der Waals surface area contributed by atoms with E-state index in [0.717, 1.165) is 30.6 Å². The highest BCUT2D eigenvalue weighted by Gasteiger charge is 2.29. The van der Waals surface area contributed by atoms with Crippen LogP contribution in [-0.2, 0) is 6.42 Å². The first kappa shape index (κ1) is 20.8. The molecular formula is C26H36O2. The van der Waals surface area contributed by atoms with Crippen LogP contribution in [0.4, 0.5) is 0 Å². The molecule has 1 unspecified atom stereocenters. The number of hydrogen-bond donors (Lipinski definition) is 1. The second-order valence-electron chi connectivity index (χ2n) is 9.58. The Kier molecular flexibility index (Phi) is 6.07. The summed E-state index contributed by atoms with van der Waals surface area (Å²) in [6.07, 6.45) is 14.7. The van der Waals surface area contributed by atoms with E-state index in [9.17, 15) is 5.11 Å². The maximum atomic E-state index is 9.63. The average Bonchev–Trinajstić information content (AvgIpc) is 2.61. The molecule has 0 saturated carbocycles. The van der Waals surface area contributed by atoms with Gasteiger partial charge in [-0.3, -0.25) is 0 Å². The molecule has 3 rings (SSSR count). The molecular weight excluding hydrogens is 344 g/mol. The van der Waals surface area contributed by atoms with Gasteiger partial charge in [-0.2, -0.15) is 0 Å². The molecule has 0 radical (unpaired) electrons. The zero-order chi connectivity index (χ0) is 20.4. The second-order valence-corrected chi connectivity index (χ2v) is 9.58. The number of ether oxygens (including phenoxy) is 1. The third-order valence-electron chi connectivity index (χ3n) is 6.56. The lowest BCUT2D eigenvalue weighted by Crippen LogP contribution is -2.34. The van der Waals surface area contributed by atoms with Crippen molar-refractivity contribution in [3.63, 3.8) is 0 Å². The van der Waals surface area contributed by atoms with Crippen molar-refractivity contribution in [2.75, 3.05) is 0 Å². The summed E-state index contributed by atoms with van der Waals surface area (Å²) in [7, 11) is 0. The molecule has 1 aromatic carbocycles. The molecule has 1 aliphatic heterocycles. The van der Waals surface area contributed by atoms with Crippen molar-refractivity contribution in [2.24, 2.45) is 5.41 Å². The first-order chi connectivity index (χ1) is 13.2. The van der Waals surface area contributed by atoms with Gasteiger partial charge in [-0.1, -0.05) is 42.7 Å². The fourth-order valence-electron chi connectivity index (χ4n) is 4.71. The first-order valence-corrected chi connectivity index (χ1v) is 10.7. The number of fused-ring (bicyclic) bond motifs is 1. The number of phenols is 1. The fourth-order valence-corrected chi connectivity index (χ4v) is 4.71. The molecule has 2 heteroatoms. The molecule has 0 fully saturated rings. The van der Waals surface area contributed by atoms with Crippen molar-refractivity contribution < 1.29 is 9.84 Å². The number of aryl methyl sites for hydroxylation is 1. The number of phenolic OH excluding ortho intramolecular Hbond substituents is 1. The van der Waals surface area contributed by atoms with Crippen LogP contribution >= 0.6 is 0 Å². The van der Waals surface area contributed by atoms with E-state index in [4.69, 9.17) is 4.74 Å².